The molecule has 0 radical (unpaired) electrons. The van der Waals surface area contributed by atoms with E-state index < -0.39 is 0 Å². The fraction of sp³-hybridized carbons (Fsp3) is 0.0600. The lowest BCUT2D eigenvalue weighted by molar-refractivity contribution is 0.586. The molecule has 0 aliphatic heterocycles. The molecule has 0 saturated heterocycles. The van der Waals surface area contributed by atoms with E-state index in [2.05, 4.69) is 116 Å². The lowest BCUT2D eigenvalue weighted by Crippen LogP contribution is -2.01. The third kappa shape index (κ3) is 4.79. The standard InChI is InChI=1S/C50H31N3O3/c1-28-9-8-16-42-46(28)38-22-19-31(25-44(38)56-42)34-24-39(47-37-13-5-7-15-41(37)55-45(47)27-34)50-52-48(32-18-17-29-10-2-3-11-30(29)23-32)51-49(53-50)33-20-21-36-35-12-4-6-14-40(35)54-43(36)26-33/h2-8,10-28H,9H2,1H3. The summed E-state index contributed by atoms with van der Waals surface area (Å²) in [7, 11) is 0. The number of furan rings is 3. The molecule has 0 N–H and O–H groups in total. The Morgan fingerprint density at radius 1 is 0.464 bits per heavy atom. The highest BCUT2D eigenvalue weighted by molar-refractivity contribution is 6.13. The van der Waals surface area contributed by atoms with Crippen LogP contribution in [0.25, 0.3) is 117 Å². The average Bonchev–Trinajstić information content (AvgIpc) is 3.94. The molecule has 6 heteroatoms. The molecule has 0 amide bonds. The second-order valence-corrected chi connectivity index (χ2v) is 14.8. The Balaban J connectivity index is 1.11. The van der Waals surface area contributed by atoms with E-state index in [9.17, 15) is 0 Å². The van der Waals surface area contributed by atoms with Gasteiger partial charge < -0.3 is 13.3 Å². The first-order valence-electron chi connectivity index (χ1n) is 19.0. The minimum Gasteiger partial charge on any atom is -0.456 e. The lowest BCUT2D eigenvalue weighted by Gasteiger charge is -2.12. The van der Waals surface area contributed by atoms with E-state index in [1.807, 2.05) is 42.5 Å². The summed E-state index contributed by atoms with van der Waals surface area (Å²) >= 11 is 0. The third-order valence-electron chi connectivity index (χ3n) is 11.3. The zero-order valence-electron chi connectivity index (χ0n) is 30.3. The van der Waals surface area contributed by atoms with E-state index >= 15 is 0 Å². The Hall–Kier alpha value is -7.31. The molecule has 0 fully saturated rings. The number of rotatable bonds is 4. The van der Waals surface area contributed by atoms with Gasteiger partial charge in [0.05, 0.1) is 0 Å². The Morgan fingerprint density at radius 3 is 1.95 bits per heavy atom. The highest BCUT2D eigenvalue weighted by Crippen LogP contribution is 2.43. The number of aromatic nitrogens is 3. The summed E-state index contributed by atoms with van der Waals surface area (Å²) in [5.41, 5.74) is 9.92. The van der Waals surface area contributed by atoms with Gasteiger partial charge in [-0.25, -0.2) is 15.0 Å². The molecule has 264 valence electrons. The number of allylic oxidation sites excluding steroid dienone is 1. The fourth-order valence-corrected chi connectivity index (χ4v) is 8.59. The van der Waals surface area contributed by atoms with Crippen molar-refractivity contribution in [2.24, 2.45) is 0 Å². The highest BCUT2D eigenvalue weighted by Gasteiger charge is 2.23. The van der Waals surface area contributed by atoms with Crippen LogP contribution in [0.4, 0.5) is 0 Å². The molecule has 1 aliphatic rings. The second kappa shape index (κ2) is 11.8. The van der Waals surface area contributed by atoms with Gasteiger partial charge in [0.1, 0.15) is 33.7 Å². The van der Waals surface area contributed by atoms with Crippen molar-refractivity contribution in [3.8, 4) is 45.3 Å². The van der Waals surface area contributed by atoms with Gasteiger partial charge in [-0.15, -0.1) is 0 Å². The van der Waals surface area contributed by atoms with Crippen LogP contribution >= 0.6 is 0 Å². The van der Waals surface area contributed by atoms with Crippen molar-refractivity contribution in [2.45, 2.75) is 19.3 Å². The number of nitrogens with zero attached hydrogens (tertiary/aromatic N) is 3. The average molecular weight is 722 g/mol. The molecule has 4 aromatic heterocycles. The molecule has 1 unspecified atom stereocenters. The van der Waals surface area contributed by atoms with Gasteiger partial charge in [-0.3, -0.25) is 0 Å². The van der Waals surface area contributed by atoms with E-state index in [-0.39, 0.29) is 0 Å². The van der Waals surface area contributed by atoms with Gasteiger partial charge in [0.15, 0.2) is 17.5 Å². The van der Waals surface area contributed by atoms with Crippen LogP contribution in [0.1, 0.15) is 30.6 Å². The van der Waals surface area contributed by atoms with Crippen molar-refractivity contribution in [3.05, 3.63) is 157 Å². The SMILES string of the molecule is CC1CC=Cc2oc3cc(-c4cc(-c5nc(-c6ccc7ccccc7c6)nc(-c6ccc7c(c6)oc6ccccc67)n5)c5c(c4)oc4ccccc45)ccc3c21. The maximum atomic E-state index is 6.58. The summed E-state index contributed by atoms with van der Waals surface area (Å²) in [5, 5.41) is 7.50. The molecule has 1 aliphatic carbocycles. The van der Waals surface area contributed by atoms with Crippen molar-refractivity contribution in [3.63, 3.8) is 0 Å². The van der Waals surface area contributed by atoms with Crippen molar-refractivity contribution < 1.29 is 13.3 Å². The van der Waals surface area contributed by atoms with Crippen molar-refractivity contribution in [1.29, 1.82) is 0 Å². The van der Waals surface area contributed by atoms with Crippen LogP contribution in [0.5, 0.6) is 0 Å². The molecule has 7 aromatic carbocycles. The predicted octanol–water partition coefficient (Wildman–Crippen LogP) is 13.8. The number of hydrogen-bond acceptors (Lipinski definition) is 6. The first-order valence-corrected chi connectivity index (χ1v) is 19.0. The molecule has 1 atom stereocenters. The predicted molar refractivity (Wildman–Crippen MR) is 225 cm³/mol. The maximum absolute atomic E-state index is 6.58. The summed E-state index contributed by atoms with van der Waals surface area (Å²) < 4.78 is 19.3. The smallest absolute Gasteiger partial charge is 0.164 e. The summed E-state index contributed by atoms with van der Waals surface area (Å²) in [6.45, 7) is 2.26. The largest absolute Gasteiger partial charge is 0.456 e. The van der Waals surface area contributed by atoms with Crippen LogP contribution < -0.4 is 0 Å². The van der Waals surface area contributed by atoms with Gasteiger partial charge >= 0.3 is 0 Å². The molecular formula is C50H31N3O3. The lowest BCUT2D eigenvalue weighted by atomic mass is 9.90. The van der Waals surface area contributed by atoms with Gasteiger partial charge in [0.2, 0.25) is 0 Å². The number of benzene rings is 7. The van der Waals surface area contributed by atoms with Crippen LogP contribution in [0.2, 0.25) is 0 Å². The molecule has 0 spiro atoms. The normalized spacial score (nSPS) is 14.2. The van der Waals surface area contributed by atoms with Crippen LogP contribution in [0.15, 0.2) is 159 Å². The van der Waals surface area contributed by atoms with Gasteiger partial charge in [0, 0.05) is 49.2 Å². The van der Waals surface area contributed by atoms with E-state index in [0.29, 0.717) is 23.4 Å². The summed E-state index contributed by atoms with van der Waals surface area (Å²) in [5.74, 6) is 3.04. The monoisotopic (exact) mass is 721 g/mol. The van der Waals surface area contributed by atoms with Gasteiger partial charge in [0.25, 0.3) is 0 Å². The number of fused-ring (bicyclic) bond motifs is 10. The minimum absolute atomic E-state index is 0.406. The quantitative estimate of drug-likeness (QED) is 0.180. The van der Waals surface area contributed by atoms with Crippen LogP contribution in [-0.4, -0.2) is 15.0 Å². The van der Waals surface area contributed by atoms with Crippen LogP contribution in [0.3, 0.4) is 0 Å². The minimum atomic E-state index is 0.406. The van der Waals surface area contributed by atoms with E-state index in [1.54, 1.807) is 0 Å². The Morgan fingerprint density at radius 2 is 1.07 bits per heavy atom. The molecule has 6 nitrogen and oxygen atoms in total. The summed E-state index contributed by atoms with van der Waals surface area (Å²) in [4.78, 5) is 15.7. The zero-order chi connectivity index (χ0) is 36.9. The molecule has 11 aromatic rings. The highest BCUT2D eigenvalue weighted by atomic mass is 16.3. The van der Waals surface area contributed by atoms with Crippen molar-refractivity contribution in [2.75, 3.05) is 0 Å². The van der Waals surface area contributed by atoms with Crippen LogP contribution in [0, 0.1) is 0 Å². The molecule has 12 rings (SSSR count). The van der Waals surface area contributed by atoms with Crippen molar-refractivity contribution in [1.82, 2.24) is 15.0 Å². The molecule has 4 heterocycles. The van der Waals surface area contributed by atoms with Gasteiger partial charge in [-0.05, 0) is 88.8 Å². The molecular weight excluding hydrogens is 691 g/mol. The summed E-state index contributed by atoms with van der Waals surface area (Å²) in [6.07, 6.45) is 5.31. The van der Waals surface area contributed by atoms with Crippen molar-refractivity contribution >= 4 is 71.7 Å². The number of para-hydroxylation sites is 2. The Bertz CT molecular complexity index is 3440. The maximum Gasteiger partial charge on any atom is 0.164 e. The van der Waals surface area contributed by atoms with E-state index in [1.165, 1.54) is 5.56 Å². The molecule has 56 heavy (non-hydrogen) atoms. The fourth-order valence-electron chi connectivity index (χ4n) is 8.59. The first-order chi connectivity index (χ1) is 27.6. The van der Waals surface area contributed by atoms with E-state index in [0.717, 1.165) is 106 Å². The Kier molecular flexibility index (Phi) is 6.57. The Labute approximate surface area is 320 Å². The topological polar surface area (TPSA) is 78.1 Å². The second-order valence-electron chi connectivity index (χ2n) is 14.8. The van der Waals surface area contributed by atoms with E-state index in [4.69, 9.17) is 28.2 Å². The third-order valence-corrected chi connectivity index (χ3v) is 11.3. The van der Waals surface area contributed by atoms with Gasteiger partial charge in [-0.1, -0.05) is 104 Å². The molecule has 0 bridgehead atoms. The number of hydrogen-bond donors (Lipinski definition) is 0. The van der Waals surface area contributed by atoms with Gasteiger partial charge in [-0.2, -0.15) is 0 Å². The summed E-state index contributed by atoms with van der Waals surface area (Å²) in [6, 6.07) is 48.0. The van der Waals surface area contributed by atoms with Crippen LogP contribution in [-0.2, 0) is 0 Å². The zero-order valence-corrected chi connectivity index (χ0v) is 30.3. The molecule has 0 saturated carbocycles. The first kappa shape index (κ1) is 31.1.